The van der Waals surface area contributed by atoms with Crippen LogP contribution in [0, 0.1) is 6.92 Å². The lowest BCUT2D eigenvalue weighted by atomic mass is 9.80. The molecular formula is C9H14BN3O3. The molecular weight excluding hydrogens is 209 g/mol. The van der Waals surface area contributed by atoms with E-state index in [0.29, 0.717) is 30.1 Å². The first-order valence-electron chi connectivity index (χ1n) is 5.20. The Balaban J connectivity index is 2.21. The van der Waals surface area contributed by atoms with Crippen molar-refractivity contribution >= 4 is 18.5 Å². The van der Waals surface area contributed by atoms with E-state index in [-0.39, 0.29) is 6.10 Å². The third kappa shape index (κ3) is 2.16. The van der Waals surface area contributed by atoms with Crippen LogP contribution in [0.1, 0.15) is 12.1 Å². The van der Waals surface area contributed by atoms with Gasteiger partial charge in [0, 0.05) is 30.4 Å². The van der Waals surface area contributed by atoms with Gasteiger partial charge in [-0.3, -0.25) is 0 Å². The molecule has 1 aromatic heterocycles. The molecule has 0 aromatic carbocycles. The number of rotatable bonds is 2. The zero-order valence-electron chi connectivity index (χ0n) is 9.04. The Hall–Kier alpha value is -1.18. The Kier molecular flexibility index (Phi) is 3.09. The van der Waals surface area contributed by atoms with Crippen LogP contribution in [0.25, 0.3) is 0 Å². The van der Waals surface area contributed by atoms with Crippen LogP contribution in [0.2, 0.25) is 0 Å². The maximum absolute atomic E-state index is 9.40. The first-order chi connectivity index (χ1) is 7.58. The van der Waals surface area contributed by atoms with Gasteiger partial charge in [-0.05, 0) is 13.3 Å². The number of anilines is 1. The van der Waals surface area contributed by atoms with Crippen molar-refractivity contribution in [2.24, 2.45) is 0 Å². The maximum Gasteiger partial charge on any atom is 0.491 e. The van der Waals surface area contributed by atoms with Crippen LogP contribution in [-0.2, 0) is 0 Å². The molecule has 0 aliphatic carbocycles. The molecule has 1 aliphatic rings. The highest BCUT2D eigenvalue weighted by molar-refractivity contribution is 6.58. The molecule has 3 N–H and O–H groups in total. The third-order valence-corrected chi connectivity index (χ3v) is 2.73. The van der Waals surface area contributed by atoms with E-state index in [1.54, 1.807) is 6.92 Å². The van der Waals surface area contributed by atoms with Crippen LogP contribution in [0.3, 0.4) is 0 Å². The fourth-order valence-electron chi connectivity index (χ4n) is 1.79. The molecule has 16 heavy (non-hydrogen) atoms. The van der Waals surface area contributed by atoms with Crippen LogP contribution in [0.4, 0.5) is 5.95 Å². The van der Waals surface area contributed by atoms with Crippen LogP contribution >= 0.6 is 0 Å². The van der Waals surface area contributed by atoms with Gasteiger partial charge in [0.15, 0.2) is 0 Å². The summed E-state index contributed by atoms with van der Waals surface area (Å²) in [5, 5.41) is 27.4. The van der Waals surface area contributed by atoms with Gasteiger partial charge in [-0.15, -0.1) is 0 Å². The highest BCUT2D eigenvalue weighted by atomic mass is 16.4. The number of hydrogen-bond acceptors (Lipinski definition) is 6. The van der Waals surface area contributed by atoms with Crippen molar-refractivity contribution < 1.29 is 15.2 Å². The van der Waals surface area contributed by atoms with Crippen molar-refractivity contribution in [1.29, 1.82) is 0 Å². The average Bonchev–Trinajstić information content (AvgIpc) is 2.64. The Morgan fingerprint density at radius 2 is 2.25 bits per heavy atom. The van der Waals surface area contributed by atoms with Gasteiger partial charge in [-0.25, -0.2) is 9.97 Å². The number of nitrogens with zero attached hydrogens (tertiary/aromatic N) is 3. The minimum atomic E-state index is -1.54. The minimum absolute atomic E-state index is 0.309. The van der Waals surface area contributed by atoms with Crippen LogP contribution in [-0.4, -0.2) is 51.4 Å². The van der Waals surface area contributed by atoms with E-state index >= 15 is 0 Å². The molecule has 2 heterocycles. The Labute approximate surface area is 93.7 Å². The van der Waals surface area contributed by atoms with Crippen LogP contribution < -0.4 is 10.4 Å². The molecule has 0 radical (unpaired) electrons. The normalized spacial score (nSPS) is 20.2. The van der Waals surface area contributed by atoms with E-state index in [2.05, 4.69) is 9.97 Å². The van der Waals surface area contributed by atoms with Crippen molar-refractivity contribution in [3.05, 3.63) is 11.9 Å². The monoisotopic (exact) mass is 223 g/mol. The second-order valence-corrected chi connectivity index (χ2v) is 3.97. The molecule has 1 aromatic rings. The van der Waals surface area contributed by atoms with Crippen molar-refractivity contribution in [1.82, 2.24) is 9.97 Å². The molecule has 0 spiro atoms. The zero-order chi connectivity index (χ0) is 11.7. The van der Waals surface area contributed by atoms with E-state index < -0.39 is 7.12 Å². The van der Waals surface area contributed by atoms with Gasteiger partial charge in [-0.2, -0.15) is 0 Å². The first-order valence-corrected chi connectivity index (χ1v) is 5.20. The summed E-state index contributed by atoms with van der Waals surface area (Å²) >= 11 is 0. The molecule has 1 saturated heterocycles. The molecule has 1 atom stereocenters. The smallest absolute Gasteiger partial charge is 0.423 e. The molecule has 1 fully saturated rings. The van der Waals surface area contributed by atoms with Crippen LogP contribution in [0.5, 0.6) is 0 Å². The molecule has 86 valence electrons. The maximum atomic E-state index is 9.40. The summed E-state index contributed by atoms with van der Waals surface area (Å²) in [6.45, 7) is 2.95. The molecule has 0 saturated carbocycles. The SMILES string of the molecule is Cc1nc(N2CCC(O)C2)ncc1B(O)O. The predicted octanol–water partition coefficient (Wildman–Crippen LogP) is -1.96. The van der Waals surface area contributed by atoms with E-state index in [9.17, 15) is 5.11 Å². The predicted molar refractivity (Wildman–Crippen MR) is 59.4 cm³/mol. The van der Waals surface area contributed by atoms with Gasteiger partial charge in [0.1, 0.15) is 0 Å². The van der Waals surface area contributed by atoms with Gasteiger partial charge in [0.25, 0.3) is 0 Å². The summed E-state index contributed by atoms with van der Waals surface area (Å²) in [6.07, 6.45) is 1.80. The lowest BCUT2D eigenvalue weighted by Crippen LogP contribution is -2.34. The standard InChI is InChI=1S/C9H14BN3O3/c1-6-8(10(15)16)4-11-9(12-6)13-3-2-7(14)5-13/h4,7,14-16H,2-3,5H2,1H3. The fourth-order valence-corrected chi connectivity index (χ4v) is 1.79. The topological polar surface area (TPSA) is 89.7 Å². The molecule has 2 rings (SSSR count). The number of aliphatic hydroxyl groups excluding tert-OH is 1. The summed E-state index contributed by atoms with van der Waals surface area (Å²) in [7, 11) is -1.54. The van der Waals surface area contributed by atoms with Gasteiger partial charge in [0.2, 0.25) is 5.95 Å². The molecule has 0 bridgehead atoms. The van der Waals surface area contributed by atoms with Gasteiger partial charge < -0.3 is 20.1 Å². The number of aryl methyl sites for hydroxylation is 1. The Morgan fingerprint density at radius 1 is 1.50 bits per heavy atom. The molecule has 1 unspecified atom stereocenters. The number of aromatic nitrogens is 2. The van der Waals surface area contributed by atoms with E-state index in [1.807, 2.05) is 4.90 Å². The van der Waals surface area contributed by atoms with Crippen molar-refractivity contribution in [2.45, 2.75) is 19.4 Å². The fraction of sp³-hybridized carbons (Fsp3) is 0.556. The number of aliphatic hydroxyl groups is 1. The highest BCUT2D eigenvalue weighted by Crippen LogP contribution is 2.15. The van der Waals surface area contributed by atoms with Gasteiger partial charge in [0.05, 0.1) is 6.10 Å². The van der Waals surface area contributed by atoms with Crippen molar-refractivity contribution in [2.75, 3.05) is 18.0 Å². The Bertz CT molecular complexity index is 388. The van der Waals surface area contributed by atoms with E-state index in [4.69, 9.17) is 10.0 Å². The summed E-state index contributed by atoms with van der Waals surface area (Å²) in [4.78, 5) is 10.1. The quantitative estimate of drug-likeness (QED) is 0.504. The van der Waals surface area contributed by atoms with E-state index in [0.717, 1.165) is 6.54 Å². The summed E-state index contributed by atoms with van der Waals surface area (Å²) in [5.74, 6) is 0.526. The Morgan fingerprint density at radius 3 is 2.75 bits per heavy atom. The second-order valence-electron chi connectivity index (χ2n) is 3.97. The van der Waals surface area contributed by atoms with Crippen LogP contribution in [0.15, 0.2) is 6.20 Å². The highest BCUT2D eigenvalue weighted by Gasteiger charge is 2.23. The second kappa shape index (κ2) is 4.36. The van der Waals surface area contributed by atoms with Crippen molar-refractivity contribution in [3.8, 4) is 0 Å². The lowest BCUT2D eigenvalue weighted by Gasteiger charge is -2.16. The minimum Gasteiger partial charge on any atom is -0.423 e. The van der Waals surface area contributed by atoms with Gasteiger partial charge in [-0.1, -0.05) is 0 Å². The first kappa shape index (κ1) is 11.3. The van der Waals surface area contributed by atoms with E-state index in [1.165, 1.54) is 6.20 Å². The van der Waals surface area contributed by atoms with Crippen molar-refractivity contribution in [3.63, 3.8) is 0 Å². The lowest BCUT2D eigenvalue weighted by molar-refractivity contribution is 0.198. The third-order valence-electron chi connectivity index (χ3n) is 2.73. The average molecular weight is 223 g/mol. The number of hydrogen-bond donors (Lipinski definition) is 3. The molecule has 6 nitrogen and oxygen atoms in total. The zero-order valence-corrected chi connectivity index (χ0v) is 9.04. The molecule has 0 amide bonds. The summed E-state index contributed by atoms with van der Waals surface area (Å²) < 4.78 is 0. The number of β-amino-alcohol motifs (C(OH)–C–C–N with tert-alkyl or cyclic N) is 1. The summed E-state index contributed by atoms with van der Waals surface area (Å²) in [6, 6.07) is 0. The summed E-state index contributed by atoms with van der Waals surface area (Å²) in [5.41, 5.74) is 0.852. The molecule has 7 heteroatoms. The largest absolute Gasteiger partial charge is 0.491 e. The van der Waals surface area contributed by atoms with Gasteiger partial charge >= 0.3 is 7.12 Å². The molecule has 1 aliphatic heterocycles.